The second-order valence-electron chi connectivity index (χ2n) is 1.92. The zero-order valence-electron chi connectivity index (χ0n) is 5.91. The van der Waals surface area contributed by atoms with Crippen LogP contribution in [0.3, 0.4) is 0 Å². The molecule has 1 heterocycles. The predicted octanol–water partition coefficient (Wildman–Crippen LogP) is -0.307. The van der Waals surface area contributed by atoms with Crippen molar-refractivity contribution < 1.29 is 0 Å². The lowest BCUT2D eigenvalue weighted by atomic mass is 10.4. The third-order valence-electron chi connectivity index (χ3n) is 1.10. The minimum absolute atomic E-state index is 0. The van der Waals surface area contributed by atoms with Crippen LogP contribution in [-0.4, -0.2) is 16.5 Å². The Morgan fingerprint density at radius 1 is 1.64 bits per heavy atom. The fourth-order valence-corrected chi connectivity index (χ4v) is 0.675. The highest BCUT2D eigenvalue weighted by Crippen LogP contribution is 1.81. The maximum absolute atomic E-state index is 10.6. The molecule has 0 unspecified atom stereocenters. The monoisotopic (exact) mass is 175 g/mol. The molecule has 0 radical (unpaired) electrons. The molecule has 0 saturated carbocycles. The average molecular weight is 176 g/mol. The summed E-state index contributed by atoms with van der Waals surface area (Å²) in [4.78, 5) is 17.1. The Bertz CT molecular complexity index is 260. The lowest BCUT2D eigenvalue weighted by Crippen LogP contribution is -2.12. The van der Waals surface area contributed by atoms with E-state index < -0.39 is 0 Å². The fraction of sp³-hybridized carbons (Fsp3) is 0.333. The number of rotatable bonds is 2. The maximum Gasteiger partial charge on any atom is 0.250 e. The van der Waals surface area contributed by atoms with E-state index in [1.165, 1.54) is 12.3 Å². The van der Waals surface area contributed by atoms with E-state index in [0.717, 1.165) is 0 Å². The smallest absolute Gasteiger partial charge is 0.250 e. The molecule has 0 aliphatic heterocycles. The van der Waals surface area contributed by atoms with E-state index in [0.29, 0.717) is 18.8 Å². The summed E-state index contributed by atoms with van der Waals surface area (Å²) in [5, 5.41) is 0. The summed E-state index contributed by atoms with van der Waals surface area (Å²) in [7, 11) is 0. The molecule has 11 heavy (non-hydrogen) atoms. The third kappa shape index (κ3) is 3.15. The van der Waals surface area contributed by atoms with E-state index in [4.69, 9.17) is 5.73 Å². The van der Waals surface area contributed by atoms with Gasteiger partial charge in [-0.15, -0.1) is 12.4 Å². The summed E-state index contributed by atoms with van der Waals surface area (Å²) in [6.45, 7) is 0.507. The van der Waals surface area contributed by atoms with Crippen molar-refractivity contribution in [2.24, 2.45) is 5.73 Å². The number of nitrogens with zero attached hydrogens (tertiary/aromatic N) is 1. The lowest BCUT2D eigenvalue weighted by molar-refractivity contribution is 0.856. The molecular formula is C6H10ClN3O. The predicted molar refractivity (Wildman–Crippen MR) is 44.9 cm³/mol. The first-order chi connectivity index (χ1) is 4.83. The van der Waals surface area contributed by atoms with Crippen LogP contribution in [0.4, 0.5) is 0 Å². The van der Waals surface area contributed by atoms with Crippen LogP contribution < -0.4 is 11.3 Å². The van der Waals surface area contributed by atoms with Crippen molar-refractivity contribution in [1.29, 1.82) is 0 Å². The zero-order chi connectivity index (χ0) is 7.40. The Morgan fingerprint density at radius 2 is 2.36 bits per heavy atom. The van der Waals surface area contributed by atoms with Gasteiger partial charge in [0.25, 0.3) is 5.56 Å². The van der Waals surface area contributed by atoms with Crippen LogP contribution in [-0.2, 0) is 6.42 Å². The first-order valence-electron chi connectivity index (χ1n) is 3.07. The molecule has 0 aromatic carbocycles. The van der Waals surface area contributed by atoms with Gasteiger partial charge in [0, 0.05) is 18.7 Å². The van der Waals surface area contributed by atoms with E-state index in [2.05, 4.69) is 9.97 Å². The van der Waals surface area contributed by atoms with Gasteiger partial charge in [-0.2, -0.15) is 0 Å². The van der Waals surface area contributed by atoms with Gasteiger partial charge in [-0.1, -0.05) is 0 Å². The molecule has 0 spiro atoms. The van der Waals surface area contributed by atoms with Crippen LogP contribution in [0.15, 0.2) is 17.1 Å². The summed E-state index contributed by atoms with van der Waals surface area (Å²) in [5.74, 6) is 0.648. The molecule has 5 heteroatoms. The summed E-state index contributed by atoms with van der Waals surface area (Å²) in [6.07, 6.45) is 2.10. The van der Waals surface area contributed by atoms with E-state index in [9.17, 15) is 4.79 Å². The Balaban J connectivity index is 0.000001000. The van der Waals surface area contributed by atoms with Gasteiger partial charge >= 0.3 is 0 Å². The summed E-state index contributed by atoms with van der Waals surface area (Å²) >= 11 is 0. The molecule has 1 aromatic heterocycles. The van der Waals surface area contributed by atoms with Crippen molar-refractivity contribution >= 4 is 12.4 Å². The molecule has 1 rings (SSSR count). The van der Waals surface area contributed by atoms with E-state index >= 15 is 0 Å². The molecule has 0 bridgehead atoms. The molecule has 0 aliphatic carbocycles. The van der Waals surface area contributed by atoms with E-state index in [1.807, 2.05) is 0 Å². The van der Waals surface area contributed by atoms with Crippen LogP contribution in [0, 0.1) is 0 Å². The molecule has 0 saturated heterocycles. The van der Waals surface area contributed by atoms with Crippen molar-refractivity contribution in [3.8, 4) is 0 Å². The van der Waals surface area contributed by atoms with Crippen molar-refractivity contribution in [3.63, 3.8) is 0 Å². The highest BCUT2D eigenvalue weighted by atomic mass is 35.5. The molecule has 4 nitrogen and oxygen atoms in total. The normalized spacial score (nSPS) is 8.82. The topological polar surface area (TPSA) is 71.8 Å². The number of halogens is 1. The van der Waals surface area contributed by atoms with Crippen molar-refractivity contribution in [1.82, 2.24) is 9.97 Å². The second kappa shape index (κ2) is 4.87. The Morgan fingerprint density at radius 3 is 2.91 bits per heavy atom. The molecular weight excluding hydrogens is 166 g/mol. The number of hydrogen-bond donors (Lipinski definition) is 2. The minimum Gasteiger partial charge on any atom is -0.330 e. The van der Waals surface area contributed by atoms with Crippen LogP contribution in [0.1, 0.15) is 5.82 Å². The minimum atomic E-state index is -0.126. The van der Waals surface area contributed by atoms with E-state index in [1.54, 1.807) is 0 Å². The molecule has 0 fully saturated rings. The quantitative estimate of drug-likeness (QED) is 0.648. The van der Waals surface area contributed by atoms with Gasteiger partial charge in [-0.3, -0.25) is 4.79 Å². The molecule has 3 N–H and O–H groups in total. The van der Waals surface area contributed by atoms with Gasteiger partial charge in [0.05, 0.1) is 0 Å². The fourth-order valence-electron chi connectivity index (χ4n) is 0.675. The molecule has 0 aliphatic rings. The lowest BCUT2D eigenvalue weighted by Gasteiger charge is -1.93. The number of nitrogens with two attached hydrogens (primary N) is 1. The number of aromatic nitrogens is 2. The van der Waals surface area contributed by atoms with Crippen LogP contribution in [0.25, 0.3) is 0 Å². The Hall–Kier alpha value is -0.870. The van der Waals surface area contributed by atoms with Gasteiger partial charge in [0.15, 0.2) is 0 Å². The third-order valence-corrected chi connectivity index (χ3v) is 1.10. The highest BCUT2D eigenvalue weighted by molar-refractivity contribution is 5.85. The van der Waals surface area contributed by atoms with Crippen LogP contribution >= 0.6 is 12.4 Å². The zero-order valence-corrected chi connectivity index (χ0v) is 6.73. The van der Waals surface area contributed by atoms with Crippen LogP contribution in [0.5, 0.6) is 0 Å². The van der Waals surface area contributed by atoms with Crippen LogP contribution in [0.2, 0.25) is 0 Å². The van der Waals surface area contributed by atoms with Crippen molar-refractivity contribution in [2.75, 3.05) is 6.54 Å². The average Bonchev–Trinajstić information content (AvgIpc) is 1.88. The first-order valence-corrected chi connectivity index (χ1v) is 3.07. The summed E-state index contributed by atoms with van der Waals surface area (Å²) in [5.41, 5.74) is 5.12. The number of hydrogen-bond acceptors (Lipinski definition) is 3. The first kappa shape index (κ1) is 10.1. The largest absolute Gasteiger partial charge is 0.330 e. The molecule has 1 aromatic rings. The SMILES string of the molecule is Cl.NCCc1nccc(=O)[nH]1. The van der Waals surface area contributed by atoms with Gasteiger partial charge < -0.3 is 10.7 Å². The second-order valence-corrected chi connectivity index (χ2v) is 1.92. The number of aromatic amines is 1. The highest BCUT2D eigenvalue weighted by Gasteiger charge is 1.90. The molecule has 0 amide bonds. The van der Waals surface area contributed by atoms with Crippen molar-refractivity contribution in [2.45, 2.75) is 6.42 Å². The van der Waals surface area contributed by atoms with Crippen molar-refractivity contribution in [3.05, 3.63) is 28.4 Å². The van der Waals surface area contributed by atoms with Gasteiger partial charge in [-0.25, -0.2) is 4.98 Å². The number of H-pyrrole nitrogens is 1. The van der Waals surface area contributed by atoms with Gasteiger partial charge in [-0.05, 0) is 6.54 Å². The summed E-state index contributed by atoms with van der Waals surface area (Å²) in [6, 6.07) is 1.38. The van der Waals surface area contributed by atoms with E-state index in [-0.39, 0.29) is 18.0 Å². The molecule has 62 valence electrons. The standard InChI is InChI=1S/C6H9N3O.ClH/c7-3-1-5-8-4-2-6(10)9-5;/h2,4H,1,3,7H2,(H,8,9,10);1H. The Labute approximate surface area is 70.3 Å². The number of nitrogens with one attached hydrogen (secondary N) is 1. The summed E-state index contributed by atoms with van der Waals surface area (Å²) < 4.78 is 0. The maximum atomic E-state index is 10.6. The Kier molecular flexibility index (Phi) is 4.49. The molecule has 0 atom stereocenters. The van der Waals surface area contributed by atoms with Gasteiger partial charge in [0.1, 0.15) is 5.82 Å². The van der Waals surface area contributed by atoms with Gasteiger partial charge in [0.2, 0.25) is 0 Å².